The average Bonchev–Trinajstić information content (AvgIpc) is 3.18. The number of allylic oxidation sites excluding steroid dienone is 12. The summed E-state index contributed by atoms with van der Waals surface area (Å²) >= 11 is 0. The van der Waals surface area contributed by atoms with Gasteiger partial charge in [-0.2, -0.15) is 0 Å². The number of unbranched alkanes of at least 4 members (excludes halogenated alkanes) is 14. The molecule has 2 atom stereocenters. The van der Waals surface area contributed by atoms with Crippen LogP contribution in [0.2, 0.25) is 0 Å². The van der Waals surface area contributed by atoms with Gasteiger partial charge in [0, 0.05) is 19.4 Å². The van der Waals surface area contributed by atoms with Crippen LogP contribution in [0, 0.1) is 0 Å². The van der Waals surface area contributed by atoms with Crippen LogP contribution >= 0.6 is 7.82 Å². The molecule has 2 unspecified atom stereocenters. The Morgan fingerprint density at radius 3 is 1.52 bits per heavy atom. The topological polar surface area (TPSA) is 120 Å². The predicted octanol–water partition coefficient (Wildman–Crippen LogP) is 12.5. The molecule has 0 rings (SSSR count). The van der Waals surface area contributed by atoms with E-state index in [4.69, 9.17) is 18.5 Å². The lowest BCUT2D eigenvalue weighted by Gasteiger charge is -2.20. The van der Waals surface area contributed by atoms with Gasteiger partial charge in [0.2, 0.25) is 0 Å². The SMILES string of the molecule is CC/C=C\C/C=C\C/C=C\C/C=C\CCCCCCC(=O)OC(COC(=O)CCCCCCCCC/C=C\C/C=C\CCCCC)COP(=O)(O)OCCNC. The predicted molar refractivity (Wildman–Crippen MR) is 233 cm³/mol. The molecule has 0 saturated heterocycles. The molecule has 0 heterocycles. The van der Waals surface area contributed by atoms with E-state index in [1.807, 2.05) is 0 Å². The number of esters is 2. The van der Waals surface area contributed by atoms with Crippen molar-refractivity contribution >= 4 is 19.8 Å². The standard InChI is InChI=1S/C46H80NO8P/c1-4-6-8-10-12-14-16-18-20-22-24-26-28-30-32-34-36-38-45(48)52-42-44(43-54-56(50,51)53-41-40-47-3)55-46(49)39-37-35-33-31-29-27-25-23-21-19-17-15-13-11-9-7-5-2/h7,9,12-15,18-21,25,27,44,47H,4-6,8,10-11,16-17,22-24,26,28-43H2,1-3H3,(H,50,51)/b9-7-,14-12-,15-13-,20-18-,21-19-,27-25-. The van der Waals surface area contributed by atoms with Crippen molar-refractivity contribution in [2.45, 2.75) is 174 Å². The Morgan fingerprint density at radius 1 is 0.571 bits per heavy atom. The first-order valence-corrected chi connectivity index (χ1v) is 23.4. The van der Waals surface area contributed by atoms with Crippen LogP contribution in [-0.2, 0) is 32.7 Å². The van der Waals surface area contributed by atoms with Crippen molar-refractivity contribution in [3.8, 4) is 0 Å². The Hall–Kier alpha value is -2.55. The van der Waals surface area contributed by atoms with Crippen molar-refractivity contribution in [1.82, 2.24) is 5.32 Å². The van der Waals surface area contributed by atoms with Crippen LogP contribution in [0.15, 0.2) is 72.9 Å². The molecule has 2 N–H and O–H groups in total. The number of carbonyl (C=O) groups excluding carboxylic acids is 2. The van der Waals surface area contributed by atoms with Gasteiger partial charge < -0.3 is 19.7 Å². The van der Waals surface area contributed by atoms with Gasteiger partial charge in [-0.3, -0.25) is 18.6 Å². The smallest absolute Gasteiger partial charge is 0.462 e. The van der Waals surface area contributed by atoms with Crippen LogP contribution in [0.1, 0.15) is 168 Å². The molecule has 0 saturated carbocycles. The van der Waals surface area contributed by atoms with Gasteiger partial charge in [-0.25, -0.2) is 4.57 Å². The van der Waals surface area contributed by atoms with Gasteiger partial charge in [0.25, 0.3) is 0 Å². The second kappa shape index (κ2) is 42.1. The van der Waals surface area contributed by atoms with Crippen molar-refractivity contribution in [2.75, 3.05) is 33.4 Å². The van der Waals surface area contributed by atoms with Crippen LogP contribution in [0.4, 0.5) is 0 Å². The zero-order valence-electron chi connectivity index (χ0n) is 35.6. The number of nitrogens with one attached hydrogen (secondary N) is 1. The average molecular weight is 806 g/mol. The third-order valence-electron chi connectivity index (χ3n) is 8.81. The van der Waals surface area contributed by atoms with Crippen LogP contribution in [0.5, 0.6) is 0 Å². The Morgan fingerprint density at radius 2 is 1.02 bits per heavy atom. The minimum Gasteiger partial charge on any atom is -0.462 e. The van der Waals surface area contributed by atoms with E-state index >= 15 is 0 Å². The van der Waals surface area contributed by atoms with E-state index in [-0.39, 0.29) is 32.0 Å². The summed E-state index contributed by atoms with van der Waals surface area (Å²) in [5, 5.41) is 2.82. The lowest BCUT2D eigenvalue weighted by atomic mass is 10.1. The molecule has 56 heavy (non-hydrogen) atoms. The molecule has 0 spiro atoms. The molecule has 9 nitrogen and oxygen atoms in total. The zero-order valence-corrected chi connectivity index (χ0v) is 36.5. The van der Waals surface area contributed by atoms with E-state index < -0.39 is 26.5 Å². The number of phosphoric ester groups is 1. The number of likely N-dealkylation sites (N-methyl/N-ethyl adjacent to an activating group) is 1. The van der Waals surface area contributed by atoms with Gasteiger partial charge in [-0.1, -0.05) is 145 Å². The number of phosphoric acid groups is 1. The third kappa shape index (κ3) is 41.1. The third-order valence-corrected chi connectivity index (χ3v) is 9.79. The van der Waals surface area contributed by atoms with Crippen molar-refractivity contribution in [3.63, 3.8) is 0 Å². The van der Waals surface area contributed by atoms with Gasteiger partial charge in [0.1, 0.15) is 6.61 Å². The maximum atomic E-state index is 12.6. The van der Waals surface area contributed by atoms with Crippen LogP contribution in [0.25, 0.3) is 0 Å². The number of carbonyl (C=O) groups is 2. The Balaban J connectivity index is 4.29. The zero-order chi connectivity index (χ0) is 41.1. The summed E-state index contributed by atoms with van der Waals surface area (Å²) in [6.45, 7) is 4.03. The maximum absolute atomic E-state index is 12.6. The molecule has 0 aliphatic heterocycles. The van der Waals surface area contributed by atoms with Gasteiger partial charge in [-0.05, 0) is 90.5 Å². The first kappa shape index (κ1) is 53.5. The molecule has 0 aromatic heterocycles. The maximum Gasteiger partial charge on any atom is 0.472 e. The summed E-state index contributed by atoms with van der Waals surface area (Å²) in [5.41, 5.74) is 0. The summed E-state index contributed by atoms with van der Waals surface area (Å²) in [4.78, 5) is 35.1. The van der Waals surface area contributed by atoms with Crippen LogP contribution in [0.3, 0.4) is 0 Å². The summed E-state index contributed by atoms with van der Waals surface area (Å²) in [5.74, 6) is -0.849. The van der Waals surface area contributed by atoms with Gasteiger partial charge in [-0.15, -0.1) is 0 Å². The quantitative estimate of drug-likeness (QED) is 0.0270. The van der Waals surface area contributed by atoms with Crippen molar-refractivity contribution in [1.29, 1.82) is 0 Å². The van der Waals surface area contributed by atoms with E-state index in [9.17, 15) is 19.0 Å². The fourth-order valence-electron chi connectivity index (χ4n) is 5.51. The van der Waals surface area contributed by atoms with Crippen molar-refractivity contribution in [3.05, 3.63) is 72.9 Å². The second-order valence-corrected chi connectivity index (χ2v) is 15.6. The molecule has 10 heteroatoms. The Labute approximate surface area is 342 Å². The fraction of sp³-hybridized carbons (Fsp3) is 0.696. The van der Waals surface area contributed by atoms with E-state index in [2.05, 4.69) is 92.1 Å². The fourth-order valence-corrected chi connectivity index (χ4v) is 6.26. The minimum absolute atomic E-state index is 0.0271. The molecule has 0 radical (unpaired) electrons. The highest BCUT2D eigenvalue weighted by molar-refractivity contribution is 7.47. The molecule has 0 aromatic rings. The van der Waals surface area contributed by atoms with Gasteiger partial charge in [0.05, 0.1) is 13.2 Å². The van der Waals surface area contributed by atoms with Crippen LogP contribution < -0.4 is 5.32 Å². The first-order valence-electron chi connectivity index (χ1n) is 21.9. The highest BCUT2D eigenvalue weighted by Crippen LogP contribution is 2.43. The highest BCUT2D eigenvalue weighted by Gasteiger charge is 2.26. The van der Waals surface area contributed by atoms with Gasteiger partial charge in [0.15, 0.2) is 6.10 Å². The number of rotatable bonds is 40. The second-order valence-electron chi connectivity index (χ2n) is 14.1. The molecule has 0 aliphatic carbocycles. The number of ether oxygens (including phenoxy) is 2. The molecule has 322 valence electrons. The summed E-state index contributed by atoms with van der Waals surface area (Å²) in [6, 6.07) is 0. The van der Waals surface area contributed by atoms with E-state index in [1.54, 1.807) is 7.05 Å². The highest BCUT2D eigenvalue weighted by atomic mass is 31.2. The van der Waals surface area contributed by atoms with E-state index in [0.717, 1.165) is 89.9 Å². The summed E-state index contributed by atoms with van der Waals surface area (Å²) in [6.07, 6.45) is 49.4. The van der Waals surface area contributed by atoms with Crippen LogP contribution in [-0.4, -0.2) is 56.3 Å². The molecule has 0 amide bonds. The van der Waals surface area contributed by atoms with Crippen molar-refractivity contribution in [2.24, 2.45) is 0 Å². The lowest BCUT2D eigenvalue weighted by Crippen LogP contribution is -2.29. The Bertz CT molecular complexity index is 1150. The molecule has 0 bridgehead atoms. The van der Waals surface area contributed by atoms with Gasteiger partial charge >= 0.3 is 19.8 Å². The molecule has 0 aromatic carbocycles. The Kier molecular flexibility index (Phi) is 40.2. The largest absolute Gasteiger partial charge is 0.472 e. The summed E-state index contributed by atoms with van der Waals surface area (Å²) < 4.78 is 33.2. The summed E-state index contributed by atoms with van der Waals surface area (Å²) in [7, 11) is -2.67. The number of hydrogen-bond donors (Lipinski definition) is 2. The number of hydrogen-bond acceptors (Lipinski definition) is 8. The molecule has 0 fully saturated rings. The molecule has 0 aliphatic rings. The minimum atomic E-state index is -4.36. The monoisotopic (exact) mass is 806 g/mol. The normalized spacial score (nSPS) is 14.0. The molecular weight excluding hydrogens is 725 g/mol. The van der Waals surface area contributed by atoms with E-state index in [1.165, 1.54) is 44.9 Å². The van der Waals surface area contributed by atoms with E-state index in [0.29, 0.717) is 13.0 Å². The first-order chi connectivity index (χ1) is 27.3. The van der Waals surface area contributed by atoms with Crippen molar-refractivity contribution < 1.29 is 37.6 Å². The molecular formula is C46H80NO8P. The lowest BCUT2D eigenvalue weighted by molar-refractivity contribution is -0.161.